The molecule has 2 aromatic heterocycles. The first-order valence-electron chi connectivity index (χ1n) is 7.20. The van der Waals surface area contributed by atoms with Gasteiger partial charge in [-0.3, -0.25) is 9.97 Å². The summed E-state index contributed by atoms with van der Waals surface area (Å²) in [6.07, 6.45) is 14.3. The maximum Gasteiger partial charge on any atom is 0.0707 e. The summed E-state index contributed by atoms with van der Waals surface area (Å²) < 4.78 is 0. The molecule has 1 aliphatic rings. The lowest BCUT2D eigenvalue weighted by Crippen LogP contribution is -1.97. The van der Waals surface area contributed by atoms with Crippen LogP contribution in [-0.4, -0.2) is 15.7 Å². The van der Waals surface area contributed by atoms with E-state index in [-0.39, 0.29) is 0 Å². The van der Waals surface area contributed by atoms with Gasteiger partial charge in [-0.2, -0.15) is 0 Å². The largest absolute Gasteiger partial charge is 0.265 e. The third-order valence-corrected chi connectivity index (χ3v) is 2.92. The maximum atomic E-state index is 4.75. The SMILES string of the molecule is C1=CC(c2ccncc2)=NC(c2ccncc2)=CC1.CC. The second-order valence-corrected chi connectivity index (χ2v) is 4.20. The van der Waals surface area contributed by atoms with Gasteiger partial charge < -0.3 is 0 Å². The summed E-state index contributed by atoms with van der Waals surface area (Å²) in [7, 11) is 0. The Balaban J connectivity index is 0.000000774. The smallest absolute Gasteiger partial charge is 0.0707 e. The van der Waals surface area contributed by atoms with Crippen molar-refractivity contribution in [2.75, 3.05) is 0 Å². The van der Waals surface area contributed by atoms with Crippen LogP contribution in [-0.2, 0) is 0 Å². The van der Waals surface area contributed by atoms with E-state index >= 15 is 0 Å². The third-order valence-electron chi connectivity index (χ3n) is 2.92. The van der Waals surface area contributed by atoms with Gasteiger partial charge in [0.1, 0.15) is 0 Å². The molecule has 0 aromatic carbocycles. The molecule has 2 aromatic rings. The van der Waals surface area contributed by atoms with Gasteiger partial charge in [0.2, 0.25) is 0 Å². The number of hydrogen-bond donors (Lipinski definition) is 0. The number of aliphatic imine (C=N–C) groups is 1. The van der Waals surface area contributed by atoms with E-state index in [9.17, 15) is 0 Å². The predicted octanol–water partition coefficient (Wildman–Crippen LogP) is 4.29. The van der Waals surface area contributed by atoms with Crippen LogP contribution in [0.15, 0.2) is 72.3 Å². The molecule has 1 aliphatic heterocycles. The number of aromatic nitrogens is 2. The zero-order chi connectivity index (χ0) is 14.9. The van der Waals surface area contributed by atoms with Crippen molar-refractivity contribution in [1.82, 2.24) is 9.97 Å². The first kappa shape index (κ1) is 14.9. The lowest BCUT2D eigenvalue weighted by atomic mass is 10.1. The second-order valence-electron chi connectivity index (χ2n) is 4.20. The van der Waals surface area contributed by atoms with Crippen LogP contribution in [0.5, 0.6) is 0 Å². The van der Waals surface area contributed by atoms with Crippen LogP contribution in [0.4, 0.5) is 0 Å². The third kappa shape index (κ3) is 3.96. The Hall–Kier alpha value is -2.55. The van der Waals surface area contributed by atoms with E-state index in [0.717, 1.165) is 29.0 Å². The summed E-state index contributed by atoms with van der Waals surface area (Å²) in [6.45, 7) is 4.00. The van der Waals surface area contributed by atoms with Crippen LogP contribution in [0.3, 0.4) is 0 Å². The average molecular weight is 277 g/mol. The van der Waals surface area contributed by atoms with Crippen molar-refractivity contribution in [1.29, 1.82) is 0 Å². The molecule has 3 heteroatoms. The van der Waals surface area contributed by atoms with Crippen molar-refractivity contribution in [3.8, 4) is 0 Å². The van der Waals surface area contributed by atoms with Gasteiger partial charge in [0, 0.05) is 35.9 Å². The zero-order valence-electron chi connectivity index (χ0n) is 12.4. The first-order chi connectivity index (χ1) is 10.4. The molecule has 0 bridgehead atoms. The van der Waals surface area contributed by atoms with Crippen molar-refractivity contribution < 1.29 is 0 Å². The molecule has 0 saturated carbocycles. The minimum absolute atomic E-state index is 0.885. The van der Waals surface area contributed by atoms with E-state index in [1.54, 1.807) is 24.8 Å². The Morgan fingerprint density at radius 1 is 0.810 bits per heavy atom. The summed E-state index contributed by atoms with van der Waals surface area (Å²) in [5, 5.41) is 0. The van der Waals surface area contributed by atoms with Crippen LogP contribution < -0.4 is 0 Å². The van der Waals surface area contributed by atoms with Crippen molar-refractivity contribution in [2.45, 2.75) is 20.3 Å². The molecule has 0 saturated heterocycles. The maximum absolute atomic E-state index is 4.75. The molecule has 0 N–H and O–H groups in total. The fourth-order valence-corrected chi connectivity index (χ4v) is 1.96. The van der Waals surface area contributed by atoms with Crippen LogP contribution in [0.1, 0.15) is 31.4 Å². The minimum atomic E-state index is 0.885. The van der Waals surface area contributed by atoms with Crippen molar-refractivity contribution in [3.05, 3.63) is 78.4 Å². The molecule has 0 fully saturated rings. The lowest BCUT2D eigenvalue weighted by molar-refractivity contribution is 1.30. The van der Waals surface area contributed by atoms with Gasteiger partial charge in [0.05, 0.1) is 11.4 Å². The predicted molar refractivity (Wildman–Crippen MR) is 88.1 cm³/mol. The number of rotatable bonds is 2. The zero-order valence-corrected chi connectivity index (χ0v) is 12.4. The number of allylic oxidation sites excluding steroid dienone is 3. The first-order valence-corrected chi connectivity index (χ1v) is 7.20. The second kappa shape index (κ2) is 7.90. The average Bonchev–Trinajstić information content (AvgIpc) is 2.84. The minimum Gasteiger partial charge on any atom is -0.265 e. The molecule has 0 atom stereocenters. The quantitative estimate of drug-likeness (QED) is 0.821. The van der Waals surface area contributed by atoms with Crippen molar-refractivity contribution in [3.63, 3.8) is 0 Å². The van der Waals surface area contributed by atoms with Gasteiger partial charge in [0.25, 0.3) is 0 Å². The Morgan fingerprint density at radius 3 is 2.00 bits per heavy atom. The molecule has 0 spiro atoms. The molecular weight excluding hydrogens is 258 g/mol. The molecule has 106 valence electrons. The van der Waals surface area contributed by atoms with Gasteiger partial charge in [-0.15, -0.1) is 0 Å². The van der Waals surface area contributed by atoms with Gasteiger partial charge in [-0.1, -0.05) is 26.0 Å². The Labute approximate surface area is 125 Å². The van der Waals surface area contributed by atoms with E-state index in [4.69, 9.17) is 4.99 Å². The molecule has 0 unspecified atom stereocenters. The lowest BCUT2D eigenvalue weighted by Gasteiger charge is -2.04. The van der Waals surface area contributed by atoms with E-state index < -0.39 is 0 Å². The number of pyridine rings is 2. The standard InChI is InChI=1S/C16H13N3.C2H6/c1-2-4-16(14-7-11-18-12-8-14)19-15(3-1)13-5-9-17-10-6-13;1-2/h1,3-12H,2H2;1-2H3. The summed E-state index contributed by atoms with van der Waals surface area (Å²) in [5.74, 6) is 0. The van der Waals surface area contributed by atoms with Crippen LogP contribution in [0, 0.1) is 0 Å². The van der Waals surface area contributed by atoms with Crippen molar-refractivity contribution in [2.24, 2.45) is 4.99 Å². The highest BCUT2D eigenvalue weighted by Gasteiger charge is 2.06. The molecule has 0 amide bonds. The molecule has 0 aliphatic carbocycles. The Kier molecular flexibility index (Phi) is 5.59. The van der Waals surface area contributed by atoms with E-state index in [1.165, 1.54) is 0 Å². The number of nitrogens with zero attached hydrogens (tertiary/aromatic N) is 3. The summed E-state index contributed by atoms with van der Waals surface area (Å²) in [5.41, 5.74) is 4.11. The van der Waals surface area contributed by atoms with E-state index in [1.807, 2.05) is 38.1 Å². The number of hydrogen-bond acceptors (Lipinski definition) is 3. The highest BCUT2D eigenvalue weighted by Crippen LogP contribution is 2.20. The van der Waals surface area contributed by atoms with E-state index in [2.05, 4.69) is 28.2 Å². The normalized spacial score (nSPS) is 13.4. The van der Waals surface area contributed by atoms with E-state index in [0.29, 0.717) is 0 Å². The highest BCUT2D eigenvalue weighted by molar-refractivity contribution is 6.11. The molecule has 0 radical (unpaired) electrons. The van der Waals surface area contributed by atoms with Crippen molar-refractivity contribution >= 4 is 11.4 Å². The topological polar surface area (TPSA) is 38.1 Å². The molecule has 3 heterocycles. The van der Waals surface area contributed by atoms with Gasteiger partial charge in [-0.25, -0.2) is 4.99 Å². The fourth-order valence-electron chi connectivity index (χ4n) is 1.96. The Morgan fingerprint density at radius 2 is 1.38 bits per heavy atom. The fraction of sp³-hybridized carbons (Fsp3) is 0.167. The van der Waals surface area contributed by atoms with Gasteiger partial charge in [0.15, 0.2) is 0 Å². The highest BCUT2D eigenvalue weighted by atomic mass is 14.8. The summed E-state index contributed by atoms with van der Waals surface area (Å²) in [4.78, 5) is 12.8. The monoisotopic (exact) mass is 277 g/mol. The van der Waals surface area contributed by atoms with Gasteiger partial charge in [-0.05, 0) is 36.8 Å². The van der Waals surface area contributed by atoms with Crippen LogP contribution in [0.25, 0.3) is 5.70 Å². The Bertz CT molecular complexity index is 641. The van der Waals surface area contributed by atoms with Gasteiger partial charge >= 0.3 is 0 Å². The summed E-state index contributed by atoms with van der Waals surface area (Å²) in [6, 6.07) is 7.90. The van der Waals surface area contributed by atoms with Crippen LogP contribution >= 0.6 is 0 Å². The molecule has 21 heavy (non-hydrogen) atoms. The molecule has 3 rings (SSSR count). The van der Waals surface area contributed by atoms with Crippen LogP contribution in [0.2, 0.25) is 0 Å². The molecule has 3 nitrogen and oxygen atoms in total. The molecular formula is C18H19N3. The summed E-state index contributed by atoms with van der Waals surface area (Å²) >= 11 is 0.